The molecule has 128 valence electrons. The minimum absolute atomic E-state index is 0. The Morgan fingerprint density at radius 3 is 2.45 bits per heavy atom. The Hall–Kier alpha value is -0.680. The fourth-order valence-electron chi connectivity index (χ4n) is 2.96. The van der Waals surface area contributed by atoms with Gasteiger partial charge in [-0.1, -0.05) is 26.3 Å². The van der Waals surface area contributed by atoms with Crippen molar-refractivity contribution in [3.05, 3.63) is 23.8 Å². The smallest absolute Gasteiger partial charge is 0.160 e. The Morgan fingerprint density at radius 1 is 1.27 bits per heavy atom. The van der Waals surface area contributed by atoms with E-state index in [9.17, 15) is 5.11 Å². The monoisotopic (exact) mass is 350 g/mol. The first-order valence-corrected chi connectivity index (χ1v) is 7.49. The predicted molar refractivity (Wildman–Crippen MR) is 95.8 cm³/mol. The van der Waals surface area contributed by atoms with Crippen LogP contribution in [-0.4, -0.2) is 43.3 Å². The molecule has 0 spiro atoms. The van der Waals surface area contributed by atoms with E-state index in [0.29, 0.717) is 17.7 Å². The lowest BCUT2D eigenvalue weighted by molar-refractivity contribution is 0.128. The molecule has 2 N–H and O–H groups in total. The largest absolute Gasteiger partial charge is 0.504 e. The van der Waals surface area contributed by atoms with Crippen molar-refractivity contribution >= 4 is 24.8 Å². The van der Waals surface area contributed by atoms with Crippen LogP contribution in [0.25, 0.3) is 0 Å². The van der Waals surface area contributed by atoms with Crippen LogP contribution in [0.3, 0.4) is 0 Å². The van der Waals surface area contributed by atoms with Gasteiger partial charge in [-0.15, -0.1) is 24.8 Å². The number of aromatic hydroxyl groups is 1. The van der Waals surface area contributed by atoms with E-state index in [-0.39, 0.29) is 30.6 Å². The predicted octanol–water partition coefficient (Wildman–Crippen LogP) is 3.24. The Labute approximate surface area is 146 Å². The average molecular weight is 351 g/mol. The molecule has 0 bridgehead atoms. The number of phenolic OH excluding ortho intramolecular Hbond substituents is 1. The molecule has 0 aliphatic carbocycles. The number of phenols is 1. The standard InChI is InChI=1S/C16H26N2O2.2ClH/c1-4-12(2)16(18-9-7-17-8-10-18)13-5-6-14(19)15(11-13)20-3;;/h5-6,11-12,16-17,19H,4,7-10H2,1-3H3;2*1H/t12?,16-;;/m0../s1. The third kappa shape index (κ3) is 4.92. The van der Waals surface area contributed by atoms with E-state index >= 15 is 0 Å². The van der Waals surface area contributed by atoms with E-state index in [2.05, 4.69) is 24.1 Å². The summed E-state index contributed by atoms with van der Waals surface area (Å²) in [6.45, 7) is 8.75. The van der Waals surface area contributed by atoms with Crippen molar-refractivity contribution < 1.29 is 9.84 Å². The molecule has 1 aliphatic heterocycles. The van der Waals surface area contributed by atoms with E-state index in [1.165, 1.54) is 5.56 Å². The first kappa shape index (κ1) is 21.3. The minimum Gasteiger partial charge on any atom is -0.504 e. The topological polar surface area (TPSA) is 44.7 Å². The molecule has 2 rings (SSSR count). The first-order chi connectivity index (χ1) is 9.67. The van der Waals surface area contributed by atoms with E-state index < -0.39 is 0 Å². The Bertz CT molecular complexity index is 440. The zero-order chi connectivity index (χ0) is 14.5. The maximum atomic E-state index is 9.77. The molecule has 0 saturated carbocycles. The van der Waals surface area contributed by atoms with Gasteiger partial charge in [0.25, 0.3) is 0 Å². The highest BCUT2D eigenvalue weighted by atomic mass is 35.5. The van der Waals surface area contributed by atoms with Crippen LogP contribution in [0.2, 0.25) is 0 Å². The normalized spacial score (nSPS) is 17.8. The molecule has 4 nitrogen and oxygen atoms in total. The minimum atomic E-state index is 0. The van der Waals surface area contributed by atoms with E-state index in [4.69, 9.17) is 4.74 Å². The number of halogens is 2. The summed E-state index contributed by atoms with van der Waals surface area (Å²) in [5, 5.41) is 13.2. The van der Waals surface area contributed by atoms with Crippen LogP contribution in [0.1, 0.15) is 31.9 Å². The summed E-state index contributed by atoms with van der Waals surface area (Å²) in [6, 6.07) is 6.13. The summed E-state index contributed by atoms with van der Waals surface area (Å²) in [5.74, 6) is 1.34. The van der Waals surface area contributed by atoms with Gasteiger partial charge < -0.3 is 15.2 Å². The molecule has 2 atom stereocenters. The summed E-state index contributed by atoms with van der Waals surface area (Å²) >= 11 is 0. The molecule has 0 aromatic heterocycles. The maximum absolute atomic E-state index is 9.77. The van der Waals surface area contributed by atoms with Crippen molar-refractivity contribution in [1.29, 1.82) is 0 Å². The van der Waals surface area contributed by atoms with Crippen LogP contribution >= 0.6 is 24.8 Å². The van der Waals surface area contributed by atoms with Crippen molar-refractivity contribution in [1.82, 2.24) is 10.2 Å². The number of benzene rings is 1. The van der Waals surface area contributed by atoms with Crippen molar-refractivity contribution in [3.63, 3.8) is 0 Å². The third-order valence-electron chi connectivity index (χ3n) is 4.27. The summed E-state index contributed by atoms with van der Waals surface area (Å²) in [7, 11) is 1.60. The second kappa shape index (κ2) is 10.2. The summed E-state index contributed by atoms with van der Waals surface area (Å²) in [6.07, 6.45) is 1.14. The van der Waals surface area contributed by atoms with Crippen LogP contribution in [0.5, 0.6) is 11.5 Å². The number of nitrogens with one attached hydrogen (secondary N) is 1. The Morgan fingerprint density at radius 2 is 1.91 bits per heavy atom. The molecule has 1 aliphatic rings. The van der Waals surface area contributed by atoms with Gasteiger partial charge in [0.05, 0.1) is 7.11 Å². The second-order valence-electron chi connectivity index (χ2n) is 5.55. The average Bonchev–Trinajstić information content (AvgIpc) is 2.50. The highest BCUT2D eigenvalue weighted by Crippen LogP contribution is 2.35. The van der Waals surface area contributed by atoms with Gasteiger partial charge in [-0.3, -0.25) is 4.90 Å². The lowest BCUT2D eigenvalue weighted by Gasteiger charge is -2.38. The van der Waals surface area contributed by atoms with E-state index in [1.54, 1.807) is 13.2 Å². The van der Waals surface area contributed by atoms with Crippen LogP contribution in [0.4, 0.5) is 0 Å². The van der Waals surface area contributed by atoms with Crippen LogP contribution < -0.4 is 10.1 Å². The summed E-state index contributed by atoms with van der Waals surface area (Å²) < 4.78 is 5.26. The number of ether oxygens (including phenoxy) is 1. The third-order valence-corrected chi connectivity index (χ3v) is 4.27. The van der Waals surface area contributed by atoms with E-state index in [1.807, 2.05) is 12.1 Å². The molecule has 6 heteroatoms. The number of hydrogen-bond acceptors (Lipinski definition) is 4. The van der Waals surface area contributed by atoms with Crippen LogP contribution in [0.15, 0.2) is 18.2 Å². The highest BCUT2D eigenvalue weighted by Gasteiger charge is 2.27. The molecule has 0 amide bonds. The van der Waals surface area contributed by atoms with Crippen molar-refractivity contribution in [2.75, 3.05) is 33.3 Å². The maximum Gasteiger partial charge on any atom is 0.160 e. The van der Waals surface area contributed by atoms with Gasteiger partial charge >= 0.3 is 0 Å². The highest BCUT2D eigenvalue weighted by molar-refractivity contribution is 5.85. The molecular formula is C16H28Cl2N2O2. The van der Waals surface area contributed by atoms with Gasteiger partial charge in [0.1, 0.15) is 0 Å². The number of nitrogens with zero attached hydrogens (tertiary/aromatic N) is 1. The fourth-order valence-corrected chi connectivity index (χ4v) is 2.96. The molecule has 1 saturated heterocycles. The van der Waals surface area contributed by atoms with Gasteiger partial charge in [-0.05, 0) is 23.6 Å². The number of piperazine rings is 1. The lowest BCUT2D eigenvalue weighted by atomic mass is 9.90. The van der Waals surface area contributed by atoms with Gasteiger partial charge in [0.2, 0.25) is 0 Å². The van der Waals surface area contributed by atoms with Crippen molar-refractivity contribution in [2.24, 2.45) is 5.92 Å². The SMILES string of the molecule is CCC(C)[C@@H](c1ccc(O)c(OC)c1)N1CCNCC1.Cl.Cl. The summed E-state index contributed by atoms with van der Waals surface area (Å²) in [5.41, 5.74) is 1.23. The number of rotatable bonds is 5. The number of hydrogen-bond donors (Lipinski definition) is 2. The second-order valence-corrected chi connectivity index (χ2v) is 5.55. The summed E-state index contributed by atoms with van der Waals surface area (Å²) in [4.78, 5) is 2.54. The zero-order valence-electron chi connectivity index (χ0n) is 13.5. The quantitative estimate of drug-likeness (QED) is 0.855. The molecule has 1 unspecified atom stereocenters. The molecule has 1 aromatic rings. The molecule has 1 fully saturated rings. The molecule has 22 heavy (non-hydrogen) atoms. The van der Waals surface area contributed by atoms with Gasteiger partial charge in [-0.25, -0.2) is 0 Å². The van der Waals surface area contributed by atoms with E-state index in [0.717, 1.165) is 32.6 Å². The van der Waals surface area contributed by atoms with Gasteiger partial charge in [0.15, 0.2) is 11.5 Å². The van der Waals surface area contributed by atoms with Crippen molar-refractivity contribution in [2.45, 2.75) is 26.3 Å². The fraction of sp³-hybridized carbons (Fsp3) is 0.625. The zero-order valence-corrected chi connectivity index (χ0v) is 15.2. The van der Waals surface area contributed by atoms with Gasteiger partial charge in [0, 0.05) is 32.2 Å². The van der Waals surface area contributed by atoms with Crippen LogP contribution in [-0.2, 0) is 0 Å². The molecule has 1 heterocycles. The molecule has 0 radical (unpaired) electrons. The van der Waals surface area contributed by atoms with Crippen molar-refractivity contribution in [3.8, 4) is 11.5 Å². The molecule has 1 aromatic carbocycles. The molecular weight excluding hydrogens is 323 g/mol. The number of methoxy groups -OCH3 is 1. The Kier molecular flexibility index (Phi) is 9.85. The van der Waals surface area contributed by atoms with Crippen LogP contribution in [0, 0.1) is 5.92 Å². The first-order valence-electron chi connectivity index (χ1n) is 7.49. The Balaban J connectivity index is 0.00000220. The lowest BCUT2D eigenvalue weighted by Crippen LogP contribution is -2.46. The van der Waals surface area contributed by atoms with Gasteiger partial charge in [-0.2, -0.15) is 0 Å².